The van der Waals surface area contributed by atoms with Crippen LogP contribution in [0.4, 0.5) is 8.78 Å². The standard InChI is InChI=1S/C28H36F2N4O5/c1-28(2,3)15-21(33-22(35)11-6-16-4-7-17(8-5-16)24(29)30)26(38)34-20(14-18-12-13-31-25(18)37)23(36)27(39)32-19-9-10-19/h4-8,11,18-21,24H,9-10,12-15H2,1-3H3,(H,31,37)(H,32,39)(H,33,35)(H,34,38)/b11-6+/t18-,20?,21-/m0/s1. The first kappa shape index (κ1) is 29.9. The minimum absolute atomic E-state index is 0.0286. The van der Waals surface area contributed by atoms with Crippen molar-refractivity contribution in [2.75, 3.05) is 6.54 Å². The van der Waals surface area contributed by atoms with Crippen LogP contribution in [0.5, 0.6) is 0 Å². The van der Waals surface area contributed by atoms with E-state index in [1.807, 2.05) is 20.8 Å². The molecule has 1 aromatic carbocycles. The second-order valence-corrected chi connectivity index (χ2v) is 11.3. The van der Waals surface area contributed by atoms with Gasteiger partial charge in [-0.25, -0.2) is 8.78 Å². The fourth-order valence-electron chi connectivity index (χ4n) is 4.27. The van der Waals surface area contributed by atoms with Gasteiger partial charge in [0.1, 0.15) is 6.04 Å². The molecule has 4 N–H and O–H groups in total. The number of hydrogen-bond acceptors (Lipinski definition) is 5. The largest absolute Gasteiger partial charge is 0.356 e. The van der Waals surface area contributed by atoms with Gasteiger partial charge < -0.3 is 21.3 Å². The summed E-state index contributed by atoms with van der Waals surface area (Å²) in [4.78, 5) is 63.7. The van der Waals surface area contributed by atoms with Gasteiger partial charge in [0.2, 0.25) is 23.5 Å². The molecule has 2 fully saturated rings. The molecule has 4 amide bonds. The molecule has 9 nitrogen and oxygen atoms in total. The van der Waals surface area contributed by atoms with E-state index in [0.29, 0.717) is 18.5 Å². The average molecular weight is 547 g/mol. The third-order valence-corrected chi connectivity index (χ3v) is 6.52. The van der Waals surface area contributed by atoms with Gasteiger partial charge in [-0.05, 0) is 49.2 Å². The molecule has 3 rings (SSSR count). The summed E-state index contributed by atoms with van der Waals surface area (Å²) in [5.74, 6) is -3.65. The molecule has 39 heavy (non-hydrogen) atoms. The summed E-state index contributed by atoms with van der Waals surface area (Å²) in [5, 5.41) is 10.6. The Morgan fingerprint density at radius 1 is 1.03 bits per heavy atom. The SMILES string of the molecule is CC(C)(C)C[C@H](NC(=O)/C=C/c1ccc(C(F)F)cc1)C(=O)NC(C[C@@H]1CCNC1=O)C(=O)C(=O)NC1CC1. The summed E-state index contributed by atoms with van der Waals surface area (Å²) in [6.07, 6.45) is 2.27. The van der Waals surface area contributed by atoms with Crippen molar-refractivity contribution in [2.24, 2.45) is 11.3 Å². The number of ketones is 1. The smallest absolute Gasteiger partial charge is 0.289 e. The van der Waals surface area contributed by atoms with E-state index in [2.05, 4.69) is 21.3 Å². The molecule has 1 saturated heterocycles. The van der Waals surface area contributed by atoms with Crippen LogP contribution < -0.4 is 21.3 Å². The number of amides is 4. The van der Waals surface area contributed by atoms with Crippen molar-refractivity contribution in [3.8, 4) is 0 Å². The molecule has 1 saturated carbocycles. The molecule has 0 spiro atoms. The van der Waals surface area contributed by atoms with Crippen LogP contribution in [0.15, 0.2) is 30.3 Å². The number of Topliss-reactive ketones (excluding diaryl/α,β-unsaturated/α-hetero) is 1. The zero-order chi connectivity index (χ0) is 28.7. The van der Waals surface area contributed by atoms with Crippen LogP contribution in [0.25, 0.3) is 6.08 Å². The normalized spacial score (nSPS) is 18.9. The molecular formula is C28H36F2N4O5. The van der Waals surface area contributed by atoms with Crippen molar-refractivity contribution in [2.45, 2.75) is 77.4 Å². The Hall–Kier alpha value is -3.63. The Balaban J connectivity index is 1.71. The fraction of sp³-hybridized carbons (Fsp3) is 0.536. The van der Waals surface area contributed by atoms with Crippen LogP contribution in [0.1, 0.15) is 70.4 Å². The Bertz CT molecular complexity index is 1110. The van der Waals surface area contributed by atoms with E-state index in [4.69, 9.17) is 0 Å². The van der Waals surface area contributed by atoms with Crippen molar-refractivity contribution < 1.29 is 32.8 Å². The highest BCUT2D eigenvalue weighted by atomic mass is 19.3. The number of nitrogens with one attached hydrogen (secondary N) is 4. The van der Waals surface area contributed by atoms with Gasteiger partial charge in [0.15, 0.2) is 0 Å². The Morgan fingerprint density at radius 2 is 1.69 bits per heavy atom. The van der Waals surface area contributed by atoms with Crippen LogP contribution >= 0.6 is 0 Å². The number of alkyl halides is 2. The summed E-state index contributed by atoms with van der Waals surface area (Å²) < 4.78 is 25.5. The quantitative estimate of drug-likeness (QED) is 0.236. The lowest BCUT2D eigenvalue weighted by Gasteiger charge is -2.28. The predicted molar refractivity (Wildman–Crippen MR) is 140 cm³/mol. The van der Waals surface area contributed by atoms with Gasteiger partial charge in [-0.15, -0.1) is 0 Å². The minimum Gasteiger partial charge on any atom is -0.356 e. The van der Waals surface area contributed by atoms with Crippen LogP contribution in [-0.4, -0.2) is 54.1 Å². The number of carbonyl (C=O) groups excluding carboxylic acids is 5. The maximum absolute atomic E-state index is 13.4. The maximum atomic E-state index is 13.4. The van der Waals surface area contributed by atoms with E-state index in [0.717, 1.165) is 12.8 Å². The molecule has 1 aliphatic carbocycles. The van der Waals surface area contributed by atoms with E-state index in [1.54, 1.807) is 0 Å². The second kappa shape index (κ2) is 12.9. The van der Waals surface area contributed by atoms with Crippen LogP contribution in [0.2, 0.25) is 0 Å². The van der Waals surface area contributed by atoms with Crippen LogP contribution in [0, 0.1) is 11.3 Å². The summed E-state index contributed by atoms with van der Waals surface area (Å²) in [6, 6.07) is 3.10. The van der Waals surface area contributed by atoms with Crippen LogP contribution in [-0.2, 0) is 24.0 Å². The summed E-state index contributed by atoms with van der Waals surface area (Å²) in [5.41, 5.74) is -0.00441. The van der Waals surface area contributed by atoms with Crippen molar-refractivity contribution in [1.82, 2.24) is 21.3 Å². The highest BCUT2D eigenvalue weighted by Crippen LogP contribution is 2.23. The predicted octanol–water partition coefficient (Wildman–Crippen LogP) is 2.42. The number of rotatable bonds is 12. The summed E-state index contributed by atoms with van der Waals surface area (Å²) in [7, 11) is 0. The molecular weight excluding hydrogens is 510 g/mol. The average Bonchev–Trinajstić information content (AvgIpc) is 3.59. The lowest BCUT2D eigenvalue weighted by molar-refractivity contribution is -0.141. The molecule has 11 heteroatoms. The van der Waals surface area contributed by atoms with Crippen molar-refractivity contribution in [1.29, 1.82) is 0 Å². The highest BCUT2D eigenvalue weighted by Gasteiger charge is 2.37. The van der Waals surface area contributed by atoms with Crippen LogP contribution in [0.3, 0.4) is 0 Å². The molecule has 1 aliphatic heterocycles. The van der Waals surface area contributed by atoms with Gasteiger partial charge in [-0.1, -0.05) is 45.0 Å². The van der Waals surface area contributed by atoms with E-state index >= 15 is 0 Å². The lowest BCUT2D eigenvalue weighted by atomic mass is 9.87. The number of carbonyl (C=O) groups is 5. The molecule has 3 atom stereocenters. The molecule has 1 unspecified atom stereocenters. The van der Waals surface area contributed by atoms with E-state index in [9.17, 15) is 32.8 Å². The first-order valence-electron chi connectivity index (χ1n) is 13.1. The zero-order valence-electron chi connectivity index (χ0n) is 22.4. The first-order valence-corrected chi connectivity index (χ1v) is 13.1. The van der Waals surface area contributed by atoms with E-state index < -0.39 is 53.3 Å². The third kappa shape index (κ3) is 9.56. The Labute approximate surface area is 226 Å². The van der Waals surface area contributed by atoms with Gasteiger partial charge in [0, 0.05) is 30.1 Å². The zero-order valence-corrected chi connectivity index (χ0v) is 22.4. The summed E-state index contributed by atoms with van der Waals surface area (Å²) >= 11 is 0. The molecule has 2 aliphatic rings. The summed E-state index contributed by atoms with van der Waals surface area (Å²) in [6.45, 7) is 6.10. The number of hydrogen-bond donors (Lipinski definition) is 4. The molecule has 0 bridgehead atoms. The fourth-order valence-corrected chi connectivity index (χ4v) is 4.27. The molecule has 0 aromatic heterocycles. The van der Waals surface area contributed by atoms with Gasteiger partial charge in [-0.2, -0.15) is 0 Å². The molecule has 0 radical (unpaired) electrons. The van der Waals surface area contributed by atoms with Gasteiger partial charge in [-0.3, -0.25) is 24.0 Å². The molecule has 212 valence electrons. The van der Waals surface area contributed by atoms with Crippen molar-refractivity contribution in [3.05, 3.63) is 41.5 Å². The van der Waals surface area contributed by atoms with E-state index in [1.165, 1.54) is 36.4 Å². The van der Waals surface area contributed by atoms with Gasteiger partial charge in [0.05, 0.1) is 6.04 Å². The first-order chi connectivity index (χ1) is 18.3. The van der Waals surface area contributed by atoms with Gasteiger partial charge in [0.25, 0.3) is 12.3 Å². The second-order valence-electron chi connectivity index (χ2n) is 11.3. The maximum Gasteiger partial charge on any atom is 0.289 e. The molecule has 1 aromatic rings. The number of benzene rings is 1. The Morgan fingerprint density at radius 3 is 2.23 bits per heavy atom. The van der Waals surface area contributed by atoms with Crippen molar-refractivity contribution >= 4 is 35.5 Å². The van der Waals surface area contributed by atoms with Gasteiger partial charge >= 0.3 is 0 Å². The van der Waals surface area contributed by atoms with Crippen molar-refractivity contribution in [3.63, 3.8) is 0 Å². The Kier molecular flexibility index (Phi) is 9.93. The topological polar surface area (TPSA) is 133 Å². The monoisotopic (exact) mass is 546 g/mol. The highest BCUT2D eigenvalue weighted by molar-refractivity contribution is 6.38. The molecule has 1 heterocycles. The third-order valence-electron chi connectivity index (χ3n) is 6.52. The number of halogens is 2. The minimum atomic E-state index is -2.60. The lowest BCUT2D eigenvalue weighted by Crippen LogP contribution is -2.55. The van der Waals surface area contributed by atoms with E-state index in [-0.39, 0.29) is 30.4 Å².